The minimum absolute atomic E-state index is 0.818. The quantitative estimate of drug-likeness (QED) is 0.205. The van der Waals surface area contributed by atoms with Gasteiger partial charge in [0.05, 0.1) is 0 Å². The standard InChI is InChI=1S/C32H36N2Si2/c1-35(29-15-7-3-8-16-29,30-17-9-4-10-18-30)27-25-33-23-24-34-26-28-36(2,31-19-11-5-12-20-31)32-21-13-6-14-22-32/h3-24H,25-28H2,1-2H3. The molecule has 0 heterocycles. The van der Waals surface area contributed by atoms with Crippen LogP contribution in [0.5, 0.6) is 0 Å². The topological polar surface area (TPSA) is 24.7 Å². The highest BCUT2D eigenvalue weighted by atomic mass is 28.3. The second-order valence-electron chi connectivity index (χ2n) is 9.74. The van der Waals surface area contributed by atoms with Crippen LogP contribution in [-0.4, -0.2) is 41.7 Å². The molecule has 0 saturated carbocycles. The van der Waals surface area contributed by atoms with Crippen LogP contribution in [-0.2, 0) is 0 Å². The third kappa shape index (κ3) is 6.25. The van der Waals surface area contributed by atoms with E-state index in [0.29, 0.717) is 0 Å². The molecule has 0 bridgehead atoms. The first-order valence-electron chi connectivity index (χ1n) is 12.8. The van der Waals surface area contributed by atoms with E-state index in [0.717, 1.165) is 25.2 Å². The Morgan fingerprint density at radius 2 is 0.694 bits per heavy atom. The molecule has 0 fully saturated rings. The maximum Gasteiger partial charge on any atom is 0.116 e. The first kappa shape index (κ1) is 25.7. The molecule has 4 heteroatoms. The van der Waals surface area contributed by atoms with Gasteiger partial charge in [-0.2, -0.15) is 0 Å². The second kappa shape index (κ2) is 12.6. The number of nitrogens with zero attached hydrogens (tertiary/aromatic N) is 2. The molecule has 0 radical (unpaired) electrons. The van der Waals surface area contributed by atoms with Crippen molar-refractivity contribution >= 4 is 49.3 Å². The Morgan fingerprint density at radius 1 is 0.444 bits per heavy atom. The van der Waals surface area contributed by atoms with Crippen molar-refractivity contribution in [3.05, 3.63) is 121 Å². The summed E-state index contributed by atoms with van der Waals surface area (Å²) in [5, 5.41) is 5.86. The van der Waals surface area contributed by atoms with Gasteiger partial charge in [0.25, 0.3) is 0 Å². The first-order chi connectivity index (χ1) is 17.6. The van der Waals surface area contributed by atoms with Gasteiger partial charge in [-0.1, -0.05) is 155 Å². The van der Waals surface area contributed by atoms with Gasteiger partial charge in [-0.3, -0.25) is 9.98 Å². The lowest BCUT2D eigenvalue weighted by Crippen LogP contribution is -2.55. The fourth-order valence-electron chi connectivity index (χ4n) is 4.95. The van der Waals surface area contributed by atoms with Crippen molar-refractivity contribution in [1.29, 1.82) is 0 Å². The van der Waals surface area contributed by atoms with E-state index in [1.54, 1.807) is 0 Å². The summed E-state index contributed by atoms with van der Waals surface area (Å²) in [7, 11) is -3.66. The normalized spacial score (nSPS) is 12.4. The minimum Gasteiger partial charge on any atom is -0.292 e. The molecule has 0 aliphatic rings. The van der Waals surface area contributed by atoms with Crippen LogP contribution in [0.1, 0.15) is 0 Å². The zero-order chi connectivity index (χ0) is 25.1. The van der Waals surface area contributed by atoms with Gasteiger partial charge in [0, 0.05) is 25.5 Å². The van der Waals surface area contributed by atoms with Gasteiger partial charge in [-0.05, 0) is 12.1 Å². The molecule has 4 aromatic rings. The van der Waals surface area contributed by atoms with Crippen LogP contribution in [0.2, 0.25) is 25.2 Å². The molecule has 0 aliphatic carbocycles. The molecular weight excluding hydrogens is 469 g/mol. The lowest BCUT2D eigenvalue weighted by Gasteiger charge is -2.28. The molecule has 0 amide bonds. The van der Waals surface area contributed by atoms with E-state index in [1.807, 2.05) is 12.4 Å². The van der Waals surface area contributed by atoms with Gasteiger partial charge in [-0.25, -0.2) is 0 Å². The van der Waals surface area contributed by atoms with Crippen molar-refractivity contribution in [1.82, 2.24) is 0 Å². The van der Waals surface area contributed by atoms with Crippen molar-refractivity contribution in [2.45, 2.75) is 25.2 Å². The monoisotopic (exact) mass is 504 g/mol. The Bertz CT molecular complexity index is 1060. The van der Waals surface area contributed by atoms with E-state index < -0.39 is 16.1 Å². The molecule has 36 heavy (non-hydrogen) atoms. The number of aliphatic imine (C=N–C) groups is 2. The van der Waals surface area contributed by atoms with Crippen molar-refractivity contribution in [3.8, 4) is 0 Å². The molecule has 182 valence electrons. The average Bonchev–Trinajstić information content (AvgIpc) is 2.96. The number of hydrogen-bond acceptors (Lipinski definition) is 2. The lowest BCUT2D eigenvalue weighted by molar-refractivity contribution is 1.10. The van der Waals surface area contributed by atoms with Gasteiger partial charge < -0.3 is 0 Å². The second-order valence-corrected chi connectivity index (χ2v) is 18.4. The highest BCUT2D eigenvalue weighted by molar-refractivity contribution is 7.02. The Kier molecular flexibility index (Phi) is 8.98. The summed E-state index contributed by atoms with van der Waals surface area (Å²) in [6, 6.07) is 46.1. The molecule has 0 spiro atoms. The molecule has 0 atom stereocenters. The van der Waals surface area contributed by atoms with E-state index >= 15 is 0 Å². The third-order valence-corrected chi connectivity index (χ3v) is 16.3. The first-order valence-corrected chi connectivity index (χ1v) is 18.2. The van der Waals surface area contributed by atoms with Gasteiger partial charge in [0.15, 0.2) is 0 Å². The van der Waals surface area contributed by atoms with Crippen LogP contribution in [0.25, 0.3) is 0 Å². The van der Waals surface area contributed by atoms with Crippen LogP contribution in [0.4, 0.5) is 0 Å². The smallest absolute Gasteiger partial charge is 0.116 e. The Balaban J connectivity index is 1.37. The number of benzene rings is 4. The molecule has 0 N–H and O–H groups in total. The molecule has 0 unspecified atom stereocenters. The largest absolute Gasteiger partial charge is 0.292 e. The molecule has 0 aliphatic heterocycles. The fourth-order valence-corrected chi connectivity index (χ4v) is 11.6. The zero-order valence-corrected chi connectivity index (χ0v) is 23.4. The van der Waals surface area contributed by atoms with Crippen LogP contribution < -0.4 is 20.7 Å². The summed E-state index contributed by atoms with van der Waals surface area (Å²) in [6.45, 7) is 6.55. The summed E-state index contributed by atoms with van der Waals surface area (Å²) in [5.41, 5.74) is 0. The third-order valence-electron chi connectivity index (χ3n) is 7.40. The summed E-state index contributed by atoms with van der Waals surface area (Å²) in [5.74, 6) is 0. The summed E-state index contributed by atoms with van der Waals surface area (Å²) in [4.78, 5) is 9.46. The Morgan fingerprint density at radius 3 is 0.944 bits per heavy atom. The summed E-state index contributed by atoms with van der Waals surface area (Å²) >= 11 is 0. The predicted molar refractivity (Wildman–Crippen MR) is 164 cm³/mol. The fraction of sp³-hybridized carbons (Fsp3) is 0.188. The molecule has 4 aromatic carbocycles. The van der Waals surface area contributed by atoms with Crippen molar-refractivity contribution in [2.24, 2.45) is 9.98 Å². The maximum atomic E-state index is 4.73. The van der Waals surface area contributed by atoms with E-state index in [9.17, 15) is 0 Å². The van der Waals surface area contributed by atoms with Gasteiger partial charge in [0.2, 0.25) is 0 Å². The van der Waals surface area contributed by atoms with Crippen molar-refractivity contribution < 1.29 is 0 Å². The Hall–Kier alpha value is -3.35. The molecular formula is C32H36N2Si2. The van der Waals surface area contributed by atoms with Crippen LogP contribution in [0.15, 0.2) is 131 Å². The summed E-state index contributed by atoms with van der Waals surface area (Å²) in [6.07, 6.45) is 3.80. The van der Waals surface area contributed by atoms with E-state index in [-0.39, 0.29) is 0 Å². The molecule has 4 rings (SSSR count). The van der Waals surface area contributed by atoms with Crippen molar-refractivity contribution in [3.63, 3.8) is 0 Å². The summed E-state index contributed by atoms with van der Waals surface area (Å²) < 4.78 is 0. The Labute approximate surface area is 218 Å². The minimum atomic E-state index is -1.83. The highest BCUT2D eigenvalue weighted by Gasteiger charge is 2.31. The van der Waals surface area contributed by atoms with E-state index in [2.05, 4.69) is 134 Å². The molecule has 0 saturated heterocycles. The van der Waals surface area contributed by atoms with E-state index in [4.69, 9.17) is 9.98 Å². The van der Waals surface area contributed by atoms with Crippen LogP contribution in [0.3, 0.4) is 0 Å². The average molecular weight is 505 g/mol. The zero-order valence-electron chi connectivity index (χ0n) is 21.4. The van der Waals surface area contributed by atoms with E-state index in [1.165, 1.54) is 20.7 Å². The van der Waals surface area contributed by atoms with Gasteiger partial charge in [-0.15, -0.1) is 0 Å². The number of hydrogen-bond donors (Lipinski definition) is 0. The van der Waals surface area contributed by atoms with Gasteiger partial charge in [0.1, 0.15) is 16.1 Å². The van der Waals surface area contributed by atoms with Crippen LogP contribution >= 0.6 is 0 Å². The van der Waals surface area contributed by atoms with Gasteiger partial charge >= 0.3 is 0 Å². The molecule has 2 nitrogen and oxygen atoms in total. The lowest BCUT2D eigenvalue weighted by atomic mass is 10.4. The predicted octanol–water partition coefficient (Wildman–Crippen LogP) is 4.91. The van der Waals surface area contributed by atoms with Crippen molar-refractivity contribution in [2.75, 3.05) is 13.1 Å². The maximum absolute atomic E-state index is 4.73. The van der Waals surface area contributed by atoms with Crippen LogP contribution in [0, 0.1) is 0 Å². The number of rotatable bonds is 11. The molecule has 0 aromatic heterocycles. The SMILES string of the molecule is C[Si](CCN=CC=NCC[Si](C)(c1ccccc1)c1ccccc1)(c1ccccc1)c1ccccc1. The highest BCUT2D eigenvalue weighted by Crippen LogP contribution is 2.13.